The Kier molecular flexibility index (Phi) is 3.49. The summed E-state index contributed by atoms with van der Waals surface area (Å²) in [6.07, 6.45) is 3.44. The third-order valence-electron chi connectivity index (χ3n) is 2.62. The van der Waals surface area contributed by atoms with Crippen molar-refractivity contribution in [2.45, 2.75) is 6.42 Å². The summed E-state index contributed by atoms with van der Waals surface area (Å²) in [7, 11) is -0.494. The van der Waals surface area contributed by atoms with Crippen LogP contribution in [0.25, 0.3) is 0 Å². The van der Waals surface area contributed by atoms with E-state index in [1.54, 1.807) is 6.20 Å². The van der Waals surface area contributed by atoms with Crippen molar-refractivity contribution in [3.8, 4) is 0 Å². The molecule has 6 heteroatoms. The molecule has 0 atom stereocenters. The fourth-order valence-corrected chi connectivity index (χ4v) is 2.56. The van der Waals surface area contributed by atoms with Crippen molar-refractivity contribution in [3.63, 3.8) is 0 Å². The summed E-state index contributed by atoms with van der Waals surface area (Å²) in [5.41, 5.74) is 1.70. The van der Waals surface area contributed by atoms with E-state index in [0.717, 1.165) is 5.56 Å². The van der Waals surface area contributed by atoms with E-state index in [9.17, 15) is 8.42 Å². The van der Waals surface area contributed by atoms with Crippen LogP contribution in [0, 0.1) is 0 Å². The smallest absolute Gasteiger partial charge is 0.244 e. The van der Waals surface area contributed by atoms with Gasteiger partial charge in [-0.15, -0.1) is 0 Å². The molecule has 0 N–H and O–H groups in total. The summed E-state index contributed by atoms with van der Waals surface area (Å²) < 4.78 is 26.5. The van der Waals surface area contributed by atoms with Gasteiger partial charge in [0.05, 0.1) is 5.69 Å². The molecule has 0 aliphatic heterocycles. The van der Waals surface area contributed by atoms with Crippen molar-refractivity contribution in [1.29, 1.82) is 0 Å². The van der Waals surface area contributed by atoms with Crippen molar-refractivity contribution in [2.24, 2.45) is 0 Å². The van der Waals surface area contributed by atoms with Crippen molar-refractivity contribution in [1.82, 2.24) is 13.3 Å². The molecule has 1 aromatic carbocycles. The minimum absolute atomic E-state index is 0.536. The van der Waals surface area contributed by atoms with E-state index in [1.165, 1.54) is 28.7 Å². The van der Waals surface area contributed by atoms with E-state index < -0.39 is 10.2 Å². The average Bonchev–Trinajstić information content (AvgIpc) is 2.79. The van der Waals surface area contributed by atoms with Crippen LogP contribution >= 0.6 is 0 Å². The first-order valence-corrected chi connectivity index (χ1v) is 6.89. The molecule has 1 heterocycles. The van der Waals surface area contributed by atoms with E-state index in [0.29, 0.717) is 12.1 Å². The third-order valence-corrected chi connectivity index (χ3v) is 4.37. The second kappa shape index (κ2) is 4.91. The van der Waals surface area contributed by atoms with Crippen molar-refractivity contribution < 1.29 is 8.42 Å². The van der Waals surface area contributed by atoms with Crippen LogP contribution in [0.15, 0.2) is 42.9 Å². The Morgan fingerprint density at radius 1 is 1.22 bits per heavy atom. The minimum Gasteiger partial charge on any atom is -0.244 e. The lowest BCUT2D eigenvalue weighted by atomic mass is 10.1. The number of rotatable bonds is 4. The molecule has 0 fully saturated rings. The Balaban J connectivity index is 2.35. The SMILES string of the molecule is CN(C)S(=O)(=O)n1cncc1Cc1ccccc1. The molecule has 0 bridgehead atoms. The lowest BCUT2D eigenvalue weighted by Crippen LogP contribution is -2.29. The quantitative estimate of drug-likeness (QED) is 0.832. The summed E-state index contributed by atoms with van der Waals surface area (Å²) in [6, 6.07) is 9.70. The molecular weight excluding hydrogens is 250 g/mol. The van der Waals surface area contributed by atoms with Crippen LogP contribution in [0.1, 0.15) is 11.3 Å². The molecule has 2 aromatic rings. The first-order valence-electron chi connectivity index (χ1n) is 5.50. The number of nitrogens with zero attached hydrogens (tertiary/aromatic N) is 3. The number of imidazole rings is 1. The van der Waals surface area contributed by atoms with Gasteiger partial charge < -0.3 is 0 Å². The zero-order valence-corrected chi connectivity index (χ0v) is 11.1. The number of aromatic nitrogens is 2. The summed E-state index contributed by atoms with van der Waals surface area (Å²) in [5.74, 6) is 0. The lowest BCUT2D eigenvalue weighted by molar-refractivity contribution is 0.509. The van der Waals surface area contributed by atoms with Crippen molar-refractivity contribution in [2.75, 3.05) is 14.1 Å². The molecule has 5 nitrogen and oxygen atoms in total. The van der Waals surface area contributed by atoms with E-state index in [2.05, 4.69) is 4.98 Å². The standard InChI is InChI=1S/C12H15N3O2S/c1-14(2)18(16,17)15-10-13-9-12(15)8-11-6-4-3-5-7-11/h3-7,9-10H,8H2,1-2H3. The van der Waals surface area contributed by atoms with E-state index in [1.807, 2.05) is 30.3 Å². The van der Waals surface area contributed by atoms with E-state index in [4.69, 9.17) is 0 Å². The van der Waals surface area contributed by atoms with Crippen LogP contribution in [0.2, 0.25) is 0 Å². The Morgan fingerprint density at radius 2 is 1.89 bits per heavy atom. The maximum Gasteiger partial charge on any atom is 0.308 e. The van der Waals surface area contributed by atoms with Gasteiger partial charge in [-0.05, 0) is 5.56 Å². The molecule has 0 radical (unpaired) electrons. The van der Waals surface area contributed by atoms with E-state index in [-0.39, 0.29) is 0 Å². The van der Waals surface area contributed by atoms with Gasteiger partial charge in [-0.25, -0.2) is 8.96 Å². The first-order chi connectivity index (χ1) is 8.51. The maximum absolute atomic E-state index is 12.1. The van der Waals surface area contributed by atoms with Crippen LogP contribution in [0.3, 0.4) is 0 Å². The molecule has 0 spiro atoms. The molecule has 0 aliphatic carbocycles. The van der Waals surface area contributed by atoms with Crippen LogP contribution in [0.5, 0.6) is 0 Å². The molecule has 0 saturated heterocycles. The molecule has 0 saturated carbocycles. The fourth-order valence-electron chi connectivity index (χ4n) is 1.62. The van der Waals surface area contributed by atoms with Gasteiger partial charge >= 0.3 is 10.2 Å². The third kappa shape index (κ3) is 2.44. The lowest BCUT2D eigenvalue weighted by Gasteiger charge is -2.14. The molecule has 0 unspecified atom stereocenters. The monoisotopic (exact) mass is 265 g/mol. The molecule has 0 amide bonds. The molecule has 0 aliphatic rings. The van der Waals surface area contributed by atoms with Crippen LogP contribution in [-0.4, -0.2) is 35.8 Å². The molecule has 96 valence electrons. The molecule has 1 aromatic heterocycles. The highest BCUT2D eigenvalue weighted by molar-refractivity contribution is 7.87. The second-order valence-electron chi connectivity index (χ2n) is 4.13. The highest BCUT2D eigenvalue weighted by atomic mass is 32.2. The van der Waals surface area contributed by atoms with Gasteiger partial charge in [0.1, 0.15) is 6.33 Å². The van der Waals surface area contributed by atoms with Crippen molar-refractivity contribution >= 4 is 10.2 Å². The maximum atomic E-state index is 12.1. The van der Waals surface area contributed by atoms with Gasteiger partial charge in [0.15, 0.2) is 0 Å². The predicted molar refractivity (Wildman–Crippen MR) is 69.5 cm³/mol. The molecular formula is C12H15N3O2S. The van der Waals surface area contributed by atoms with Gasteiger partial charge in [0.2, 0.25) is 0 Å². The number of hydrogen-bond acceptors (Lipinski definition) is 3. The summed E-state index contributed by atoms with van der Waals surface area (Å²) in [6.45, 7) is 0. The van der Waals surface area contributed by atoms with E-state index >= 15 is 0 Å². The Morgan fingerprint density at radius 3 is 2.50 bits per heavy atom. The summed E-state index contributed by atoms with van der Waals surface area (Å²) >= 11 is 0. The fraction of sp³-hybridized carbons (Fsp3) is 0.250. The van der Waals surface area contributed by atoms with Gasteiger partial charge in [0, 0.05) is 26.7 Å². The topological polar surface area (TPSA) is 55.2 Å². The Labute approximate surface area is 107 Å². The van der Waals surface area contributed by atoms with Gasteiger partial charge in [-0.2, -0.15) is 12.7 Å². The highest BCUT2D eigenvalue weighted by Gasteiger charge is 2.19. The van der Waals surface area contributed by atoms with Gasteiger partial charge in [-0.1, -0.05) is 30.3 Å². The largest absolute Gasteiger partial charge is 0.308 e. The predicted octanol–water partition coefficient (Wildman–Crippen LogP) is 1.13. The zero-order valence-electron chi connectivity index (χ0n) is 10.3. The average molecular weight is 265 g/mol. The number of hydrogen-bond donors (Lipinski definition) is 0. The second-order valence-corrected chi connectivity index (χ2v) is 6.15. The molecule has 18 heavy (non-hydrogen) atoms. The first kappa shape index (κ1) is 12.8. The van der Waals surface area contributed by atoms with Crippen molar-refractivity contribution in [3.05, 3.63) is 54.1 Å². The van der Waals surface area contributed by atoms with Crippen LogP contribution < -0.4 is 0 Å². The zero-order chi connectivity index (χ0) is 13.2. The Bertz CT molecular complexity index is 618. The summed E-state index contributed by atoms with van der Waals surface area (Å²) in [5, 5.41) is 0. The number of benzene rings is 1. The normalized spacial score (nSPS) is 11.9. The van der Waals surface area contributed by atoms with Gasteiger partial charge in [-0.3, -0.25) is 0 Å². The van der Waals surface area contributed by atoms with Crippen LogP contribution in [-0.2, 0) is 16.6 Å². The minimum atomic E-state index is -3.50. The summed E-state index contributed by atoms with van der Waals surface area (Å²) in [4.78, 5) is 3.92. The van der Waals surface area contributed by atoms with Gasteiger partial charge in [0.25, 0.3) is 0 Å². The molecule has 2 rings (SSSR count). The Hall–Kier alpha value is -1.66. The van der Waals surface area contributed by atoms with Crippen LogP contribution in [0.4, 0.5) is 0 Å². The highest BCUT2D eigenvalue weighted by Crippen LogP contribution is 2.12.